The molecule has 0 bridgehead atoms. The van der Waals surface area contributed by atoms with Crippen molar-refractivity contribution in [1.82, 2.24) is 14.9 Å². The van der Waals surface area contributed by atoms with Gasteiger partial charge in [0.15, 0.2) is 0 Å². The number of aryl methyl sites for hydroxylation is 3. The van der Waals surface area contributed by atoms with Crippen LogP contribution in [0.25, 0.3) is 11.0 Å². The largest absolute Gasteiger partial charge is 0.493 e. The van der Waals surface area contributed by atoms with Crippen molar-refractivity contribution < 1.29 is 9.53 Å². The summed E-state index contributed by atoms with van der Waals surface area (Å²) in [6.07, 6.45) is 4.55. The number of hydrogen-bond acceptors (Lipinski definition) is 3. The van der Waals surface area contributed by atoms with Gasteiger partial charge in [-0.05, 0) is 75.4 Å². The minimum Gasteiger partial charge on any atom is -0.493 e. The lowest BCUT2D eigenvalue weighted by molar-refractivity contribution is 0.0937. The number of carbonyl (C=O) groups is 1. The van der Waals surface area contributed by atoms with Gasteiger partial charge in [-0.15, -0.1) is 6.58 Å². The summed E-state index contributed by atoms with van der Waals surface area (Å²) in [6, 6.07) is 21.9. The summed E-state index contributed by atoms with van der Waals surface area (Å²) in [7, 11) is 0. The van der Waals surface area contributed by atoms with E-state index in [0.29, 0.717) is 12.2 Å². The number of allylic oxidation sites excluding steroid dienone is 1. The number of hydrogen-bond donors (Lipinski definition) is 1. The van der Waals surface area contributed by atoms with Crippen molar-refractivity contribution in [3.05, 3.63) is 107 Å². The Kier molecular flexibility index (Phi) is 8.21. The van der Waals surface area contributed by atoms with E-state index in [1.54, 1.807) is 0 Å². The lowest BCUT2D eigenvalue weighted by Gasteiger charge is -2.17. The zero-order chi connectivity index (χ0) is 25.5. The van der Waals surface area contributed by atoms with Crippen molar-refractivity contribution in [2.45, 2.75) is 52.6 Å². The number of carbonyl (C=O) groups excluding carboxylic acids is 1. The fourth-order valence-corrected chi connectivity index (χ4v) is 4.59. The molecular weight excluding hydrogens is 446 g/mol. The summed E-state index contributed by atoms with van der Waals surface area (Å²) >= 11 is 0. The van der Waals surface area contributed by atoms with Crippen LogP contribution in [0, 0.1) is 13.8 Å². The first kappa shape index (κ1) is 25.2. The van der Waals surface area contributed by atoms with E-state index >= 15 is 0 Å². The highest BCUT2D eigenvalue weighted by Crippen LogP contribution is 2.23. The second-order valence-electron chi connectivity index (χ2n) is 9.28. The summed E-state index contributed by atoms with van der Waals surface area (Å²) in [5.41, 5.74) is 6.00. The molecule has 1 N–H and O–H groups in total. The van der Waals surface area contributed by atoms with Crippen LogP contribution in [0.1, 0.15) is 58.7 Å². The summed E-state index contributed by atoms with van der Waals surface area (Å²) in [5, 5.41) is 3.16. The molecule has 1 aromatic heterocycles. The molecule has 1 amide bonds. The lowest BCUT2D eigenvalue weighted by Crippen LogP contribution is -2.29. The van der Waals surface area contributed by atoms with Crippen LogP contribution in [0.5, 0.6) is 5.75 Å². The van der Waals surface area contributed by atoms with Crippen LogP contribution in [0.3, 0.4) is 0 Å². The lowest BCUT2D eigenvalue weighted by atomic mass is 10.0. The molecule has 0 spiro atoms. The first-order chi connectivity index (χ1) is 17.5. The van der Waals surface area contributed by atoms with Gasteiger partial charge in [0.25, 0.3) is 5.91 Å². The molecule has 0 radical (unpaired) electrons. The van der Waals surface area contributed by atoms with Gasteiger partial charge in [-0.25, -0.2) is 4.98 Å². The minimum absolute atomic E-state index is 0.0785. The molecule has 0 aliphatic heterocycles. The Bertz CT molecular complexity index is 1360. The predicted molar refractivity (Wildman–Crippen MR) is 147 cm³/mol. The third kappa shape index (κ3) is 5.85. The Morgan fingerprint density at radius 2 is 1.86 bits per heavy atom. The van der Waals surface area contributed by atoms with Gasteiger partial charge >= 0.3 is 0 Å². The predicted octanol–water partition coefficient (Wildman–Crippen LogP) is 6.73. The van der Waals surface area contributed by atoms with Crippen molar-refractivity contribution >= 4 is 16.9 Å². The first-order valence-electron chi connectivity index (χ1n) is 12.6. The second-order valence-corrected chi connectivity index (χ2v) is 9.28. The van der Waals surface area contributed by atoms with E-state index in [9.17, 15) is 4.79 Å². The number of fused-ring (bicyclic) bond motifs is 1. The van der Waals surface area contributed by atoms with Crippen LogP contribution in [-0.2, 0) is 13.0 Å². The molecule has 0 saturated heterocycles. The maximum Gasteiger partial charge on any atom is 0.252 e. The van der Waals surface area contributed by atoms with Crippen LogP contribution in [0.15, 0.2) is 79.4 Å². The van der Waals surface area contributed by atoms with Gasteiger partial charge in [0.2, 0.25) is 0 Å². The van der Waals surface area contributed by atoms with Gasteiger partial charge < -0.3 is 14.6 Å². The van der Waals surface area contributed by atoms with Crippen molar-refractivity contribution in [3.63, 3.8) is 0 Å². The van der Waals surface area contributed by atoms with E-state index in [4.69, 9.17) is 9.72 Å². The monoisotopic (exact) mass is 481 g/mol. The van der Waals surface area contributed by atoms with Crippen LogP contribution >= 0.6 is 0 Å². The van der Waals surface area contributed by atoms with E-state index in [1.807, 2.05) is 81.4 Å². The van der Waals surface area contributed by atoms with Gasteiger partial charge in [0.05, 0.1) is 23.7 Å². The van der Waals surface area contributed by atoms with Gasteiger partial charge in [-0.1, -0.05) is 54.1 Å². The van der Waals surface area contributed by atoms with Crippen LogP contribution in [0.4, 0.5) is 0 Å². The number of benzene rings is 3. The molecule has 186 valence electrons. The molecule has 4 rings (SSSR count). The fourth-order valence-electron chi connectivity index (χ4n) is 4.59. The zero-order valence-corrected chi connectivity index (χ0v) is 21.5. The Hall–Kier alpha value is -3.86. The molecular formula is C31H35N3O2. The molecule has 0 saturated carbocycles. The summed E-state index contributed by atoms with van der Waals surface area (Å²) in [4.78, 5) is 17.9. The van der Waals surface area contributed by atoms with E-state index in [2.05, 4.69) is 28.6 Å². The molecule has 3 aromatic carbocycles. The Morgan fingerprint density at radius 3 is 2.67 bits per heavy atom. The Balaban J connectivity index is 1.43. The number of amides is 1. The number of rotatable bonds is 11. The number of nitrogens with one attached hydrogen (secondary N) is 1. The highest BCUT2D eigenvalue weighted by atomic mass is 16.5. The third-order valence-electron chi connectivity index (χ3n) is 6.42. The molecule has 5 heteroatoms. The van der Waals surface area contributed by atoms with E-state index in [0.717, 1.165) is 65.1 Å². The summed E-state index contributed by atoms with van der Waals surface area (Å²) in [5.74, 6) is 1.71. The number of para-hydroxylation sites is 3. The van der Waals surface area contributed by atoms with Gasteiger partial charge in [-0.3, -0.25) is 4.79 Å². The smallest absolute Gasteiger partial charge is 0.252 e. The molecule has 5 nitrogen and oxygen atoms in total. The van der Waals surface area contributed by atoms with Crippen molar-refractivity contribution in [3.8, 4) is 5.75 Å². The topological polar surface area (TPSA) is 56.1 Å². The molecule has 1 atom stereocenters. The number of ether oxygens (including phenoxy) is 1. The maximum absolute atomic E-state index is 13.0. The van der Waals surface area contributed by atoms with Gasteiger partial charge in [-0.2, -0.15) is 0 Å². The van der Waals surface area contributed by atoms with Crippen molar-refractivity contribution in [2.75, 3.05) is 6.61 Å². The van der Waals surface area contributed by atoms with E-state index < -0.39 is 0 Å². The normalized spacial score (nSPS) is 11.9. The minimum atomic E-state index is -0.229. The summed E-state index contributed by atoms with van der Waals surface area (Å²) < 4.78 is 8.30. The molecule has 0 fully saturated rings. The van der Waals surface area contributed by atoms with Crippen LogP contribution in [-0.4, -0.2) is 22.1 Å². The Labute approximate surface area is 213 Å². The fraction of sp³-hybridized carbons (Fsp3) is 0.290. The number of unbranched alkanes of at least 4 members (excludes halogenated alkanes) is 1. The van der Waals surface area contributed by atoms with Gasteiger partial charge in [0.1, 0.15) is 11.6 Å². The molecule has 1 heterocycles. The molecule has 36 heavy (non-hydrogen) atoms. The van der Waals surface area contributed by atoms with Crippen LogP contribution in [0.2, 0.25) is 0 Å². The SMILES string of the molecule is C=CCc1ccccc1OCCCCn1c(C(C)NC(=O)c2ccc(C)cc2C)nc2ccccc21. The van der Waals surface area contributed by atoms with Crippen LogP contribution < -0.4 is 10.1 Å². The zero-order valence-electron chi connectivity index (χ0n) is 21.5. The van der Waals surface area contributed by atoms with E-state index in [1.165, 1.54) is 0 Å². The first-order valence-corrected chi connectivity index (χ1v) is 12.6. The maximum atomic E-state index is 13.0. The standard InChI is InChI=1S/C31H35N3O2/c1-5-12-25-13-6-9-16-29(25)36-20-11-10-19-34-28-15-8-7-14-27(28)33-30(34)24(4)32-31(35)26-18-17-22(2)21-23(26)3/h5-9,13-18,21,24H,1,10-12,19-20H2,2-4H3,(H,32,35). The molecule has 4 aromatic rings. The average molecular weight is 482 g/mol. The number of imidazole rings is 1. The second kappa shape index (κ2) is 11.7. The van der Waals surface area contributed by atoms with Crippen molar-refractivity contribution in [2.24, 2.45) is 0 Å². The van der Waals surface area contributed by atoms with E-state index in [-0.39, 0.29) is 11.9 Å². The molecule has 0 aliphatic rings. The quantitative estimate of drug-likeness (QED) is 0.191. The highest BCUT2D eigenvalue weighted by Gasteiger charge is 2.19. The average Bonchev–Trinajstić information content (AvgIpc) is 3.23. The summed E-state index contributed by atoms with van der Waals surface area (Å²) in [6.45, 7) is 11.3. The number of nitrogens with zero attached hydrogens (tertiary/aromatic N) is 2. The van der Waals surface area contributed by atoms with Crippen molar-refractivity contribution in [1.29, 1.82) is 0 Å². The Morgan fingerprint density at radius 1 is 1.08 bits per heavy atom. The third-order valence-corrected chi connectivity index (χ3v) is 6.42. The highest BCUT2D eigenvalue weighted by molar-refractivity contribution is 5.96. The molecule has 0 aliphatic carbocycles. The number of aromatic nitrogens is 2. The molecule has 1 unspecified atom stereocenters. The van der Waals surface area contributed by atoms with Gasteiger partial charge in [0, 0.05) is 12.1 Å².